The maximum absolute atomic E-state index is 11.7. The molecule has 4 N–H and O–H groups in total. The molecule has 17 nitrogen and oxygen atoms in total. The molecule has 0 aromatic carbocycles. The molecule has 0 heterocycles. The number of nitrogens with two attached hydrogens (primary N) is 2. The summed E-state index contributed by atoms with van der Waals surface area (Å²) in [5, 5.41) is 1.33. The van der Waals surface area contributed by atoms with Crippen LogP contribution in [-0.2, 0) is 61.7 Å². The van der Waals surface area contributed by atoms with Crippen molar-refractivity contribution in [3.8, 4) is 0 Å². The number of carbonyl (C=O) groups excluding carboxylic acids is 2. The average Bonchev–Trinajstić information content (AvgIpc) is 3.09. The molecular formula is C32H62N4O13. The number of ether oxygens (including phenoxy) is 11. The highest BCUT2D eigenvalue weighted by Gasteiger charge is 2.10. The van der Waals surface area contributed by atoms with Crippen LogP contribution in [0.2, 0.25) is 0 Å². The Labute approximate surface area is 291 Å². The van der Waals surface area contributed by atoms with Gasteiger partial charge in [0.05, 0.1) is 152 Å². The van der Waals surface area contributed by atoms with Gasteiger partial charge in [-0.15, -0.1) is 0 Å². The number of rotatable bonds is 39. The number of hydrogen-bond donors (Lipinski definition) is 2. The van der Waals surface area contributed by atoms with Crippen molar-refractivity contribution in [2.75, 3.05) is 158 Å². The van der Waals surface area contributed by atoms with Gasteiger partial charge in [0.15, 0.2) is 0 Å². The van der Waals surface area contributed by atoms with Crippen LogP contribution in [0.4, 0.5) is 0 Å². The van der Waals surface area contributed by atoms with E-state index >= 15 is 0 Å². The second-order valence-corrected chi connectivity index (χ2v) is 9.83. The van der Waals surface area contributed by atoms with Crippen LogP contribution in [0.3, 0.4) is 0 Å². The summed E-state index contributed by atoms with van der Waals surface area (Å²) in [5.74, 6) is 5.40. The maximum atomic E-state index is 11.7. The van der Waals surface area contributed by atoms with E-state index in [-0.39, 0.29) is 12.2 Å². The Morgan fingerprint density at radius 1 is 0.551 bits per heavy atom. The molecule has 288 valence electrons. The van der Waals surface area contributed by atoms with E-state index in [1.807, 2.05) is 6.92 Å². The lowest BCUT2D eigenvalue weighted by molar-refractivity contribution is -0.133. The third-order valence-corrected chi connectivity index (χ3v) is 5.82. The predicted octanol–water partition coefficient (Wildman–Crippen LogP) is -0.274. The molecule has 2 amide bonds. The van der Waals surface area contributed by atoms with Gasteiger partial charge in [0.1, 0.15) is 0 Å². The smallest absolute Gasteiger partial charge is 0.252 e. The van der Waals surface area contributed by atoms with Gasteiger partial charge in [-0.25, -0.2) is 5.84 Å². The lowest BCUT2D eigenvalue weighted by Crippen LogP contribution is -2.35. The number of nitrogens with zero attached hydrogens (tertiary/aromatic N) is 2. The summed E-state index contributed by atoms with van der Waals surface area (Å²) in [6, 6.07) is 0. The molecule has 0 unspecified atom stereocenters. The molecule has 0 rings (SSSR count). The minimum absolute atomic E-state index is 0.0595. The van der Waals surface area contributed by atoms with E-state index in [2.05, 4.69) is 0 Å². The van der Waals surface area contributed by atoms with Crippen molar-refractivity contribution >= 4 is 12.3 Å². The van der Waals surface area contributed by atoms with Crippen LogP contribution in [0, 0.1) is 0 Å². The highest BCUT2D eigenvalue weighted by atomic mass is 16.6. The normalized spacial score (nSPS) is 11.9. The van der Waals surface area contributed by atoms with Crippen molar-refractivity contribution in [3.05, 3.63) is 24.0 Å². The first-order valence-corrected chi connectivity index (χ1v) is 16.8. The van der Waals surface area contributed by atoms with Crippen LogP contribution in [0.15, 0.2) is 24.0 Å². The molecule has 49 heavy (non-hydrogen) atoms. The van der Waals surface area contributed by atoms with E-state index in [4.69, 9.17) is 63.7 Å². The minimum atomic E-state index is -0.457. The molecular weight excluding hydrogens is 648 g/mol. The van der Waals surface area contributed by atoms with E-state index in [0.717, 1.165) is 4.90 Å². The zero-order chi connectivity index (χ0) is 35.9. The molecule has 0 aliphatic carbocycles. The zero-order valence-corrected chi connectivity index (χ0v) is 29.6. The Morgan fingerprint density at radius 2 is 0.857 bits per heavy atom. The van der Waals surface area contributed by atoms with E-state index in [0.29, 0.717) is 158 Å². The molecule has 0 saturated heterocycles. The van der Waals surface area contributed by atoms with Gasteiger partial charge in [-0.05, 0) is 19.9 Å². The monoisotopic (exact) mass is 710 g/mol. The van der Waals surface area contributed by atoms with Gasteiger partial charge in [-0.3, -0.25) is 14.5 Å². The van der Waals surface area contributed by atoms with E-state index in [9.17, 15) is 9.59 Å². The molecule has 0 aromatic heterocycles. The van der Waals surface area contributed by atoms with Crippen LogP contribution in [0.5, 0.6) is 0 Å². The van der Waals surface area contributed by atoms with Gasteiger partial charge in [0, 0.05) is 18.5 Å². The molecule has 0 spiro atoms. The Bertz CT molecular complexity index is 796. The van der Waals surface area contributed by atoms with Gasteiger partial charge in [-0.1, -0.05) is 6.08 Å². The van der Waals surface area contributed by atoms with E-state index < -0.39 is 5.91 Å². The standard InChI is InChI=1S/C32H62N4O13/c1-3-5-32(38)35(30-37)28-31(33)29-36(34)6-7-40-10-11-42-14-15-44-18-19-46-22-23-48-26-27-49-25-24-47-21-20-45-17-16-43-13-12-41-9-8-39-4-2/h3,5,29-30H,4,6-28,33-34H2,1-2H3/b5-3-,31-29-. The second-order valence-electron chi connectivity index (χ2n) is 9.83. The summed E-state index contributed by atoms with van der Waals surface area (Å²) >= 11 is 0. The first kappa shape index (κ1) is 46.7. The maximum Gasteiger partial charge on any atom is 0.252 e. The molecule has 17 heteroatoms. The fraction of sp³-hybridized carbons (Fsp3) is 0.812. The van der Waals surface area contributed by atoms with Crippen molar-refractivity contribution < 1.29 is 61.7 Å². The van der Waals surface area contributed by atoms with Crippen molar-refractivity contribution in [1.82, 2.24) is 9.91 Å². The quantitative estimate of drug-likeness (QED) is 0.0278. The van der Waals surface area contributed by atoms with Crippen LogP contribution in [0.25, 0.3) is 0 Å². The highest BCUT2D eigenvalue weighted by molar-refractivity contribution is 5.94. The van der Waals surface area contributed by atoms with Gasteiger partial charge in [-0.2, -0.15) is 0 Å². The molecule has 0 aromatic rings. The lowest BCUT2D eigenvalue weighted by Gasteiger charge is -2.17. The Kier molecular flexibility index (Phi) is 36.8. The minimum Gasteiger partial charge on any atom is -0.399 e. The zero-order valence-electron chi connectivity index (χ0n) is 29.6. The molecule has 0 bridgehead atoms. The van der Waals surface area contributed by atoms with Crippen LogP contribution in [-0.4, -0.2) is 181 Å². The lowest BCUT2D eigenvalue weighted by atomic mass is 10.4. The molecule has 0 aliphatic heterocycles. The first-order chi connectivity index (χ1) is 24.0. The van der Waals surface area contributed by atoms with Gasteiger partial charge in [0.2, 0.25) is 6.41 Å². The Morgan fingerprint density at radius 3 is 1.14 bits per heavy atom. The van der Waals surface area contributed by atoms with Gasteiger partial charge < -0.3 is 62.8 Å². The second kappa shape index (κ2) is 38.5. The number of allylic oxidation sites excluding steroid dienone is 1. The number of amides is 2. The van der Waals surface area contributed by atoms with E-state index in [1.54, 1.807) is 13.0 Å². The largest absolute Gasteiger partial charge is 0.399 e. The molecule has 0 atom stereocenters. The molecule has 0 saturated carbocycles. The number of hydrazine groups is 1. The Balaban J connectivity index is 3.29. The third kappa shape index (κ3) is 35.4. The summed E-state index contributed by atoms with van der Waals surface area (Å²) in [5.41, 5.74) is 6.12. The van der Waals surface area contributed by atoms with Crippen LogP contribution in [0.1, 0.15) is 13.8 Å². The van der Waals surface area contributed by atoms with E-state index in [1.165, 1.54) is 17.3 Å². The van der Waals surface area contributed by atoms with Crippen LogP contribution < -0.4 is 11.6 Å². The van der Waals surface area contributed by atoms with Crippen molar-refractivity contribution in [1.29, 1.82) is 0 Å². The highest BCUT2D eigenvalue weighted by Crippen LogP contribution is 1.95. The number of imide groups is 1. The third-order valence-electron chi connectivity index (χ3n) is 5.82. The van der Waals surface area contributed by atoms with Gasteiger partial charge >= 0.3 is 0 Å². The molecule has 0 radical (unpaired) electrons. The van der Waals surface area contributed by atoms with Crippen molar-refractivity contribution in [3.63, 3.8) is 0 Å². The van der Waals surface area contributed by atoms with Gasteiger partial charge in [0.25, 0.3) is 5.91 Å². The number of carbonyl (C=O) groups is 2. The topological polar surface area (TPSA) is 194 Å². The fourth-order valence-electron chi connectivity index (χ4n) is 3.43. The Hall–Kier alpha value is -2.26. The first-order valence-electron chi connectivity index (χ1n) is 16.8. The summed E-state index contributed by atoms with van der Waals surface area (Å²) in [4.78, 5) is 23.7. The predicted molar refractivity (Wildman–Crippen MR) is 180 cm³/mol. The summed E-state index contributed by atoms with van der Waals surface area (Å²) in [6.45, 7) is 14.9. The van der Waals surface area contributed by atoms with Crippen molar-refractivity contribution in [2.24, 2.45) is 11.6 Å². The summed E-state index contributed by atoms with van der Waals surface area (Å²) in [7, 11) is 0. The SMILES string of the molecule is C/C=C\C(=O)N(C=O)C/C(N)=C/N(N)CCOCCOCCOCCOCCOCCOCCOCCOCCOCCOCCOCC. The summed E-state index contributed by atoms with van der Waals surface area (Å²) in [6.07, 6.45) is 4.70. The average molecular weight is 711 g/mol. The fourth-order valence-corrected chi connectivity index (χ4v) is 3.43. The number of hydrogen-bond acceptors (Lipinski definition) is 16. The van der Waals surface area contributed by atoms with Crippen molar-refractivity contribution in [2.45, 2.75) is 13.8 Å². The molecule has 0 fully saturated rings. The summed E-state index contributed by atoms with van der Waals surface area (Å²) < 4.78 is 59.7. The van der Waals surface area contributed by atoms with Crippen LogP contribution >= 0.6 is 0 Å². The molecule has 0 aliphatic rings.